The number of esters is 2. The molecule has 0 aromatic heterocycles. The monoisotopic (exact) mass is 409 g/mol. The first kappa shape index (κ1) is 19.8. The van der Waals surface area contributed by atoms with E-state index in [0.29, 0.717) is 10.1 Å². The van der Waals surface area contributed by atoms with E-state index < -0.39 is 11.4 Å². The van der Waals surface area contributed by atoms with Crippen molar-refractivity contribution in [2.45, 2.75) is 25.2 Å². The molecule has 0 N–H and O–H groups in total. The van der Waals surface area contributed by atoms with Crippen LogP contribution in [0.1, 0.15) is 25.3 Å². The minimum absolute atomic E-state index is 0.0701. The van der Waals surface area contributed by atoms with Gasteiger partial charge in [0.15, 0.2) is 0 Å². The van der Waals surface area contributed by atoms with Crippen LogP contribution in [-0.4, -0.2) is 48.3 Å². The van der Waals surface area contributed by atoms with Gasteiger partial charge >= 0.3 is 11.9 Å². The third-order valence-electron chi connectivity index (χ3n) is 4.52. The number of benzene rings is 1. The van der Waals surface area contributed by atoms with E-state index in [2.05, 4.69) is 0 Å². The topological polar surface area (TPSA) is 72.9 Å². The van der Waals surface area contributed by atoms with Gasteiger partial charge in [-0.25, -0.2) is 4.79 Å². The number of thioether (sulfide) groups is 1. The Morgan fingerprint density at radius 3 is 2.59 bits per heavy atom. The molecule has 3 rings (SSSR count). The molecule has 1 heterocycles. The molecule has 27 heavy (non-hydrogen) atoms. The van der Waals surface area contributed by atoms with E-state index in [-0.39, 0.29) is 37.4 Å². The van der Waals surface area contributed by atoms with Gasteiger partial charge in [0, 0.05) is 5.02 Å². The van der Waals surface area contributed by atoms with E-state index in [4.69, 9.17) is 21.1 Å². The van der Waals surface area contributed by atoms with E-state index >= 15 is 0 Å². The average molecular weight is 410 g/mol. The Balaban J connectivity index is 1.57. The van der Waals surface area contributed by atoms with E-state index in [1.54, 1.807) is 19.1 Å². The first-order valence-electron chi connectivity index (χ1n) is 8.71. The van der Waals surface area contributed by atoms with Crippen LogP contribution in [0.4, 0.5) is 0 Å². The van der Waals surface area contributed by atoms with E-state index in [9.17, 15) is 14.4 Å². The zero-order valence-electron chi connectivity index (χ0n) is 14.9. The number of carbonyl (C=O) groups is 3. The smallest absolute Gasteiger partial charge is 0.333 e. The maximum Gasteiger partial charge on any atom is 0.333 e. The molecule has 8 heteroatoms. The number of ether oxygens (including phenoxy) is 2. The van der Waals surface area contributed by atoms with E-state index in [0.717, 1.165) is 18.4 Å². The normalized spacial score (nSPS) is 19.3. The molecule has 1 saturated carbocycles. The SMILES string of the molecule is CCOC(=O)/C=C1\SCC(=O)N1CCOC(=O)C1(c2ccc(Cl)cc2)CC1. The fourth-order valence-corrected chi connectivity index (χ4v) is 4.01. The highest BCUT2D eigenvalue weighted by atomic mass is 35.5. The molecule has 0 radical (unpaired) electrons. The summed E-state index contributed by atoms with van der Waals surface area (Å²) in [6, 6.07) is 7.21. The lowest BCUT2D eigenvalue weighted by Gasteiger charge is -2.19. The number of hydrogen-bond donors (Lipinski definition) is 0. The fraction of sp³-hybridized carbons (Fsp3) is 0.421. The number of nitrogens with zero attached hydrogens (tertiary/aromatic N) is 1. The lowest BCUT2D eigenvalue weighted by Crippen LogP contribution is -2.31. The first-order chi connectivity index (χ1) is 13.0. The van der Waals surface area contributed by atoms with Gasteiger partial charge in [-0.1, -0.05) is 35.5 Å². The summed E-state index contributed by atoms with van der Waals surface area (Å²) in [5.41, 5.74) is 0.297. The van der Waals surface area contributed by atoms with Crippen LogP contribution < -0.4 is 0 Å². The molecule has 0 spiro atoms. The molecular formula is C19H20ClNO5S. The lowest BCUT2D eigenvalue weighted by atomic mass is 9.96. The van der Waals surface area contributed by atoms with Crippen LogP contribution in [0.25, 0.3) is 0 Å². The van der Waals surface area contributed by atoms with E-state index in [1.807, 2.05) is 12.1 Å². The van der Waals surface area contributed by atoms with Crippen molar-refractivity contribution in [1.29, 1.82) is 0 Å². The molecule has 1 aliphatic carbocycles. The van der Waals surface area contributed by atoms with Gasteiger partial charge in [-0.2, -0.15) is 0 Å². The highest BCUT2D eigenvalue weighted by Gasteiger charge is 2.52. The third-order valence-corrected chi connectivity index (χ3v) is 5.80. The summed E-state index contributed by atoms with van der Waals surface area (Å²) in [5, 5.41) is 1.14. The average Bonchev–Trinajstić information content (AvgIpc) is 3.38. The van der Waals surface area contributed by atoms with Crippen molar-refractivity contribution < 1.29 is 23.9 Å². The molecule has 1 aromatic carbocycles. The number of halogens is 1. The van der Waals surface area contributed by atoms with Crippen LogP contribution in [0, 0.1) is 0 Å². The Labute approximate surface area is 166 Å². The Kier molecular flexibility index (Phi) is 6.11. The van der Waals surface area contributed by atoms with Crippen molar-refractivity contribution in [3.63, 3.8) is 0 Å². The quantitative estimate of drug-likeness (QED) is 0.509. The maximum atomic E-state index is 12.6. The van der Waals surface area contributed by atoms with Gasteiger partial charge in [0.25, 0.3) is 0 Å². The number of rotatable bonds is 7. The fourth-order valence-electron chi connectivity index (χ4n) is 2.93. The van der Waals surface area contributed by atoms with Crippen molar-refractivity contribution in [3.8, 4) is 0 Å². The molecule has 1 saturated heterocycles. The predicted molar refractivity (Wildman–Crippen MR) is 102 cm³/mol. The largest absolute Gasteiger partial charge is 0.463 e. The standard InChI is InChI=1S/C19H20ClNO5S/c1-2-25-17(23)11-16-21(15(22)12-27-16)9-10-26-18(24)19(7-8-19)13-3-5-14(20)6-4-13/h3-6,11H,2,7-10,12H2,1H3/b16-11-. The number of carbonyl (C=O) groups excluding carboxylic acids is 3. The molecule has 1 amide bonds. The molecule has 1 aromatic rings. The summed E-state index contributed by atoms with van der Waals surface area (Å²) in [4.78, 5) is 37.6. The Hall–Kier alpha value is -1.99. The van der Waals surface area contributed by atoms with Crippen LogP contribution in [-0.2, 0) is 29.3 Å². The number of hydrogen-bond acceptors (Lipinski definition) is 6. The molecule has 6 nitrogen and oxygen atoms in total. The van der Waals surface area contributed by atoms with Gasteiger partial charge in [-0.3, -0.25) is 9.59 Å². The summed E-state index contributed by atoms with van der Waals surface area (Å²) < 4.78 is 10.3. The minimum Gasteiger partial charge on any atom is -0.463 e. The Bertz CT molecular complexity index is 773. The molecule has 1 aliphatic heterocycles. The second-order valence-corrected chi connectivity index (χ2v) is 7.73. The minimum atomic E-state index is -0.599. The summed E-state index contributed by atoms with van der Waals surface area (Å²) in [6.07, 6.45) is 2.77. The van der Waals surface area contributed by atoms with Gasteiger partial charge in [0.05, 0.1) is 35.4 Å². The Morgan fingerprint density at radius 2 is 1.96 bits per heavy atom. The zero-order chi connectivity index (χ0) is 19.4. The maximum absolute atomic E-state index is 12.6. The zero-order valence-corrected chi connectivity index (χ0v) is 16.5. The van der Waals surface area contributed by atoms with Crippen molar-refractivity contribution in [3.05, 3.63) is 46.0 Å². The second-order valence-electron chi connectivity index (χ2n) is 6.29. The highest BCUT2D eigenvalue weighted by Crippen LogP contribution is 2.49. The molecular weight excluding hydrogens is 390 g/mol. The molecule has 0 bridgehead atoms. The first-order valence-corrected chi connectivity index (χ1v) is 10.1. The third kappa shape index (κ3) is 4.47. The highest BCUT2D eigenvalue weighted by molar-refractivity contribution is 8.04. The van der Waals surface area contributed by atoms with Crippen LogP contribution in [0.15, 0.2) is 35.4 Å². The Morgan fingerprint density at radius 1 is 1.26 bits per heavy atom. The second kappa shape index (κ2) is 8.35. The van der Waals surface area contributed by atoms with Gasteiger partial charge in [-0.15, -0.1) is 0 Å². The summed E-state index contributed by atoms with van der Waals surface area (Å²) in [5.74, 6) is -0.643. The van der Waals surface area contributed by atoms with Gasteiger partial charge in [-0.05, 0) is 37.5 Å². The van der Waals surface area contributed by atoms with Crippen LogP contribution in [0.5, 0.6) is 0 Å². The van der Waals surface area contributed by atoms with E-state index in [1.165, 1.54) is 22.7 Å². The van der Waals surface area contributed by atoms with Crippen LogP contribution >= 0.6 is 23.4 Å². The summed E-state index contributed by atoms with van der Waals surface area (Å²) in [7, 11) is 0. The van der Waals surface area contributed by atoms with Crippen molar-refractivity contribution in [2.75, 3.05) is 25.5 Å². The van der Waals surface area contributed by atoms with Crippen molar-refractivity contribution >= 4 is 41.2 Å². The van der Waals surface area contributed by atoms with Gasteiger partial charge in [0.1, 0.15) is 6.61 Å². The van der Waals surface area contributed by atoms with Gasteiger partial charge < -0.3 is 14.4 Å². The molecule has 2 fully saturated rings. The predicted octanol–water partition coefficient (Wildman–Crippen LogP) is 2.89. The van der Waals surface area contributed by atoms with Gasteiger partial charge in [0.2, 0.25) is 5.91 Å². The number of amides is 1. The van der Waals surface area contributed by atoms with Crippen molar-refractivity contribution in [1.82, 2.24) is 4.90 Å². The molecule has 0 unspecified atom stereocenters. The van der Waals surface area contributed by atoms with Crippen molar-refractivity contribution in [2.24, 2.45) is 0 Å². The lowest BCUT2D eigenvalue weighted by molar-refractivity contribution is -0.148. The summed E-state index contributed by atoms with van der Waals surface area (Å²) >= 11 is 7.18. The van der Waals surface area contributed by atoms with Crippen LogP contribution in [0.3, 0.4) is 0 Å². The summed E-state index contributed by atoms with van der Waals surface area (Å²) in [6.45, 7) is 2.26. The molecule has 0 atom stereocenters. The molecule has 2 aliphatic rings. The van der Waals surface area contributed by atoms with Crippen LogP contribution in [0.2, 0.25) is 5.02 Å². The molecule has 144 valence electrons.